The number of carbonyl (C=O) groups is 3. The lowest BCUT2D eigenvalue weighted by Gasteiger charge is -2.29. The summed E-state index contributed by atoms with van der Waals surface area (Å²) in [5, 5.41) is 21.0. The summed E-state index contributed by atoms with van der Waals surface area (Å²) in [6.45, 7) is 2.32. The maximum absolute atomic E-state index is 12.1. The van der Waals surface area contributed by atoms with Crippen LogP contribution in [0.5, 0.6) is 0 Å². The van der Waals surface area contributed by atoms with E-state index in [1.54, 1.807) is 6.92 Å². The Kier molecular flexibility index (Phi) is 4.39. The number of rotatable bonds is 3. The largest absolute Gasteiger partial charge is 0.481 e. The van der Waals surface area contributed by atoms with E-state index >= 15 is 0 Å². The van der Waals surface area contributed by atoms with Gasteiger partial charge in [-0.3, -0.25) is 9.59 Å². The first-order chi connectivity index (χ1) is 9.82. The zero-order valence-electron chi connectivity index (χ0n) is 12.2. The molecule has 0 bridgehead atoms. The van der Waals surface area contributed by atoms with E-state index in [0.29, 0.717) is 38.6 Å². The van der Waals surface area contributed by atoms with Crippen LogP contribution in [0.2, 0.25) is 0 Å². The van der Waals surface area contributed by atoms with Crippen molar-refractivity contribution in [3.8, 4) is 0 Å². The third kappa shape index (κ3) is 3.46. The lowest BCUT2D eigenvalue weighted by molar-refractivity contribution is -0.147. The zero-order chi connectivity index (χ0) is 15.6. The summed E-state index contributed by atoms with van der Waals surface area (Å²) in [7, 11) is 0. The van der Waals surface area contributed by atoms with Gasteiger partial charge in [0, 0.05) is 19.1 Å². The number of carbonyl (C=O) groups excluding carboxylic acids is 1. The number of urea groups is 1. The number of carboxylic acids is 2. The lowest BCUT2D eigenvalue weighted by Crippen LogP contribution is -2.46. The molecule has 1 saturated heterocycles. The minimum absolute atomic E-state index is 0.00946. The Hall–Kier alpha value is -1.79. The molecule has 0 spiro atoms. The topological polar surface area (TPSA) is 107 Å². The number of aliphatic carboxylic acids is 2. The predicted molar refractivity (Wildman–Crippen MR) is 73.8 cm³/mol. The molecule has 1 saturated carbocycles. The molecule has 0 aromatic carbocycles. The first-order valence-electron chi connectivity index (χ1n) is 7.33. The number of amides is 2. The maximum atomic E-state index is 12.1. The minimum atomic E-state index is -0.875. The Morgan fingerprint density at radius 1 is 1.14 bits per heavy atom. The number of nitrogens with zero attached hydrogens (tertiary/aromatic N) is 1. The van der Waals surface area contributed by atoms with Crippen LogP contribution in [0.4, 0.5) is 4.79 Å². The van der Waals surface area contributed by atoms with Crippen molar-refractivity contribution in [2.45, 2.75) is 45.1 Å². The van der Waals surface area contributed by atoms with Gasteiger partial charge in [0.05, 0.1) is 11.3 Å². The minimum Gasteiger partial charge on any atom is -0.481 e. The first kappa shape index (κ1) is 15.6. The van der Waals surface area contributed by atoms with Crippen LogP contribution in [-0.4, -0.2) is 52.2 Å². The molecule has 1 heterocycles. The molecule has 2 rings (SSSR count). The van der Waals surface area contributed by atoms with Gasteiger partial charge in [0.2, 0.25) is 0 Å². The Morgan fingerprint density at radius 3 is 2.24 bits per heavy atom. The van der Waals surface area contributed by atoms with Gasteiger partial charge in [0.15, 0.2) is 0 Å². The maximum Gasteiger partial charge on any atom is 0.317 e. The quantitative estimate of drug-likeness (QED) is 0.724. The zero-order valence-corrected chi connectivity index (χ0v) is 12.2. The van der Waals surface area contributed by atoms with E-state index in [0.717, 1.165) is 0 Å². The Balaban J connectivity index is 1.81. The molecule has 1 unspecified atom stereocenters. The van der Waals surface area contributed by atoms with E-state index in [2.05, 4.69) is 5.32 Å². The van der Waals surface area contributed by atoms with Crippen LogP contribution in [-0.2, 0) is 9.59 Å². The summed E-state index contributed by atoms with van der Waals surface area (Å²) in [4.78, 5) is 35.7. The highest BCUT2D eigenvalue weighted by molar-refractivity contribution is 5.79. The fraction of sp³-hybridized carbons (Fsp3) is 0.786. The molecule has 2 aliphatic rings. The smallest absolute Gasteiger partial charge is 0.317 e. The van der Waals surface area contributed by atoms with Gasteiger partial charge >= 0.3 is 18.0 Å². The van der Waals surface area contributed by atoms with Crippen LogP contribution in [0.1, 0.15) is 39.0 Å². The van der Waals surface area contributed by atoms with E-state index in [1.807, 2.05) is 0 Å². The molecule has 1 aliphatic carbocycles. The van der Waals surface area contributed by atoms with E-state index in [4.69, 9.17) is 10.2 Å². The van der Waals surface area contributed by atoms with E-state index in [-0.39, 0.29) is 24.5 Å². The number of likely N-dealkylation sites (tertiary alicyclic amines) is 1. The summed E-state index contributed by atoms with van der Waals surface area (Å²) in [5.41, 5.74) is -0.863. The molecule has 3 N–H and O–H groups in total. The van der Waals surface area contributed by atoms with Gasteiger partial charge in [0.25, 0.3) is 0 Å². The molecule has 118 valence electrons. The van der Waals surface area contributed by atoms with Gasteiger partial charge in [-0.05, 0) is 39.0 Å². The molecule has 2 amide bonds. The predicted octanol–water partition coefficient (Wildman–Crippen LogP) is 1.14. The van der Waals surface area contributed by atoms with Crippen molar-refractivity contribution in [1.29, 1.82) is 0 Å². The summed E-state index contributed by atoms with van der Waals surface area (Å²) in [6.07, 6.45) is 2.93. The van der Waals surface area contributed by atoms with Crippen molar-refractivity contribution >= 4 is 18.0 Å². The molecule has 2 fully saturated rings. The van der Waals surface area contributed by atoms with Gasteiger partial charge in [-0.1, -0.05) is 0 Å². The second-order valence-corrected chi connectivity index (χ2v) is 6.37. The third-order valence-electron chi connectivity index (χ3n) is 4.68. The first-order valence-corrected chi connectivity index (χ1v) is 7.33. The van der Waals surface area contributed by atoms with Crippen molar-refractivity contribution in [1.82, 2.24) is 10.2 Å². The van der Waals surface area contributed by atoms with Crippen molar-refractivity contribution in [3.63, 3.8) is 0 Å². The van der Waals surface area contributed by atoms with Gasteiger partial charge in [-0.2, -0.15) is 0 Å². The third-order valence-corrected chi connectivity index (χ3v) is 4.68. The number of nitrogens with one attached hydrogen (secondary N) is 1. The molecule has 1 atom stereocenters. The van der Waals surface area contributed by atoms with Crippen molar-refractivity contribution < 1.29 is 24.6 Å². The molecule has 1 aliphatic heterocycles. The standard InChI is InChI=1S/C14H22N2O5/c1-14(12(19)20)6-7-16(8-14)13(21)15-10-4-2-9(3-5-10)11(17)18/h9-10H,2-8H2,1H3,(H,15,21)(H,17,18)(H,19,20). The molecule has 21 heavy (non-hydrogen) atoms. The fourth-order valence-electron chi connectivity index (χ4n) is 3.06. The van der Waals surface area contributed by atoms with Crippen LogP contribution in [0.25, 0.3) is 0 Å². The van der Waals surface area contributed by atoms with Gasteiger partial charge in [0.1, 0.15) is 0 Å². The lowest BCUT2D eigenvalue weighted by atomic mass is 9.86. The van der Waals surface area contributed by atoms with Crippen molar-refractivity contribution in [3.05, 3.63) is 0 Å². The average Bonchev–Trinajstić information content (AvgIpc) is 2.83. The van der Waals surface area contributed by atoms with Gasteiger partial charge < -0.3 is 20.4 Å². The summed E-state index contributed by atoms with van der Waals surface area (Å²) in [6, 6.07) is -0.247. The molecular formula is C14H22N2O5. The second kappa shape index (κ2) is 5.91. The molecule has 7 nitrogen and oxygen atoms in total. The van der Waals surface area contributed by atoms with Crippen LogP contribution < -0.4 is 5.32 Å². The summed E-state index contributed by atoms with van der Waals surface area (Å²) in [5.74, 6) is -1.95. The second-order valence-electron chi connectivity index (χ2n) is 6.37. The summed E-state index contributed by atoms with van der Waals surface area (Å²) < 4.78 is 0. The Labute approximate surface area is 123 Å². The summed E-state index contributed by atoms with van der Waals surface area (Å²) >= 11 is 0. The van der Waals surface area contributed by atoms with E-state index < -0.39 is 17.4 Å². The molecule has 0 aromatic heterocycles. The number of hydrogen-bond donors (Lipinski definition) is 3. The average molecular weight is 298 g/mol. The Bertz CT molecular complexity index is 445. The Morgan fingerprint density at radius 2 is 1.76 bits per heavy atom. The van der Waals surface area contributed by atoms with Crippen molar-refractivity contribution in [2.24, 2.45) is 11.3 Å². The number of hydrogen-bond acceptors (Lipinski definition) is 3. The van der Waals surface area contributed by atoms with Crippen LogP contribution >= 0.6 is 0 Å². The monoisotopic (exact) mass is 298 g/mol. The fourth-order valence-corrected chi connectivity index (χ4v) is 3.06. The van der Waals surface area contributed by atoms with Gasteiger partial charge in [-0.15, -0.1) is 0 Å². The van der Waals surface area contributed by atoms with E-state index in [9.17, 15) is 14.4 Å². The van der Waals surface area contributed by atoms with Crippen LogP contribution in [0, 0.1) is 11.3 Å². The highest BCUT2D eigenvalue weighted by Crippen LogP contribution is 2.30. The molecular weight excluding hydrogens is 276 g/mol. The van der Waals surface area contributed by atoms with Crippen LogP contribution in [0.3, 0.4) is 0 Å². The van der Waals surface area contributed by atoms with Crippen molar-refractivity contribution in [2.75, 3.05) is 13.1 Å². The molecule has 0 aromatic rings. The van der Waals surface area contributed by atoms with Crippen LogP contribution in [0.15, 0.2) is 0 Å². The SMILES string of the molecule is CC1(C(=O)O)CCN(C(=O)NC2CCC(C(=O)O)CC2)C1. The van der Waals surface area contributed by atoms with Gasteiger partial charge in [-0.25, -0.2) is 4.79 Å². The normalized spacial score (nSPS) is 32.7. The highest BCUT2D eigenvalue weighted by Gasteiger charge is 2.42. The molecule has 7 heteroatoms. The number of carboxylic acid groups (broad SMARTS) is 2. The van der Waals surface area contributed by atoms with E-state index in [1.165, 1.54) is 4.90 Å². The highest BCUT2D eigenvalue weighted by atomic mass is 16.4. The molecule has 0 radical (unpaired) electrons.